The topological polar surface area (TPSA) is 75.6 Å². The van der Waals surface area contributed by atoms with E-state index in [1.54, 1.807) is 19.1 Å². The van der Waals surface area contributed by atoms with Crippen LogP contribution in [-0.2, 0) is 10.0 Å². The van der Waals surface area contributed by atoms with Crippen LogP contribution >= 0.6 is 15.9 Å². The number of ether oxygens (including phenoxy) is 1. The first-order chi connectivity index (χ1) is 9.92. The molecule has 0 aliphatic rings. The number of hydrogen-bond acceptors (Lipinski definition) is 4. The molecule has 112 valence electrons. The number of phenolic OH excluding ortho intramolecular Hbond substituents is 1. The molecule has 0 spiro atoms. The Labute approximate surface area is 131 Å². The summed E-state index contributed by atoms with van der Waals surface area (Å²) in [5, 5.41) is 9.22. The lowest BCUT2D eigenvalue weighted by molar-refractivity contribution is 0.331. The third-order valence-electron chi connectivity index (χ3n) is 2.61. The highest BCUT2D eigenvalue weighted by Crippen LogP contribution is 2.29. The fourth-order valence-electron chi connectivity index (χ4n) is 1.71. The molecule has 5 nitrogen and oxygen atoms in total. The molecular weight excluding hydrogens is 358 g/mol. The highest BCUT2D eigenvalue weighted by molar-refractivity contribution is 9.10. The van der Waals surface area contributed by atoms with Gasteiger partial charge in [0.2, 0.25) is 0 Å². The van der Waals surface area contributed by atoms with Crippen LogP contribution in [0.15, 0.2) is 51.8 Å². The van der Waals surface area contributed by atoms with Crippen LogP contribution in [0.4, 0.5) is 5.69 Å². The lowest BCUT2D eigenvalue weighted by Crippen LogP contribution is -2.14. The first kappa shape index (κ1) is 15.7. The van der Waals surface area contributed by atoms with Crippen LogP contribution in [0.5, 0.6) is 11.5 Å². The van der Waals surface area contributed by atoms with Gasteiger partial charge < -0.3 is 9.84 Å². The first-order valence-electron chi connectivity index (χ1n) is 6.16. The van der Waals surface area contributed by atoms with Gasteiger partial charge in [0.05, 0.1) is 6.61 Å². The van der Waals surface area contributed by atoms with Crippen LogP contribution in [0.2, 0.25) is 0 Å². The molecule has 0 atom stereocenters. The van der Waals surface area contributed by atoms with E-state index < -0.39 is 10.0 Å². The fourth-order valence-corrected chi connectivity index (χ4v) is 3.45. The van der Waals surface area contributed by atoms with Crippen molar-refractivity contribution in [3.8, 4) is 11.5 Å². The van der Waals surface area contributed by atoms with Gasteiger partial charge in [-0.05, 0) is 49.4 Å². The normalized spacial score (nSPS) is 11.1. The van der Waals surface area contributed by atoms with E-state index in [0.29, 0.717) is 16.8 Å². The molecule has 0 aromatic heterocycles. The van der Waals surface area contributed by atoms with Gasteiger partial charge in [0.25, 0.3) is 10.0 Å². The molecule has 2 rings (SSSR count). The minimum Gasteiger partial charge on any atom is -0.508 e. The van der Waals surface area contributed by atoms with Crippen LogP contribution in [0.25, 0.3) is 0 Å². The zero-order valence-electron chi connectivity index (χ0n) is 11.2. The summed E-state index contributed by atoms with van der Waals surface area (Å²) in [5.74, 6) is 0.349. The van der Waals surface area contributed by atoms with Crippen LogP contribution in [0.1, 0.15) is 6.92 Å². The maximum absolute atomic E-state index is 12.5. The number of anilines is 1. The van der Waals surface area contributed by atoms with Crippen molar-refractivity contribution in [3.05, 3.63) is 46.9 Å². The Hall–Kier alpha value is -1.73. The van der Waals surface area contributed by atoms with E-state index in [0.717, 1.165) is 0 Å². The molecule has 2 aromatic rings. The Balaban J connectivity index is 2.39. The van der Waals surface area contributed by atoms with Crippen LogP contribution in [0, 0.1) is 0 Å². The van der Waals surface area contributed by atoms with E-state index in [-0.39, 0.29) is 16.4 Å². The van der Waals surface area contributed by atoms with Gasteiger partial charge in [-0.3, -0.25) is 4.72 Å². The summed E-state index contributed by atoms with van der Waals surface area (Å²) in [6.07, 6.45) is 0. The quantitative estimate of drug-likeness (QED) is 0.790. The third kappa shape index (κ3) is 3.89. The standard InChI is InChI=1S/C14H14BrNO4S/c1-2-20-13-8-3-10(15)9-14(13)21(18,19)16-11-4-6-12(17)7-5-11/h3-9,16-17H,2H2,1H3. The molecule has 0 saturated heterocycles. The average molecular weight is 372 g/mol. The summed E-state index contributed by atoms with van der Waals surface area (Å²) in [6.45, 7) is 2.15. The number of halogens is 1. The van der Waals surface area contributed by atoms with Gasteiger partial charge in [0, 0.05) is 10.2 Å². The predicted molar refractivity (Wildman–Crippen MR) is 84.2 cm³/mol. The van der Waals surface area contributed by atoms with E-state index in [4.69, 9.17) is 4.74 Å². The highest BCUT2D eigenvalue weighted by Gasteiger charge is 2.20. The van der Waals surface area contributed by atoms with Crippen molar-refractivity contribution in [1.29, 1.82) is 0 Å². The Bertz CT molecular complexity index is 729. The second-order valence-corrected chi connectivity index (χ2v) is 6.74. The summed E-state index contributed by atoms with van der Waals surface area (Å²) < 4.78 is 33.4. The van der Waals surface area contributed by atoms with E-state index in [2.05, 4.69) is 20.7 Å². The maximum atomic E-state index is 12.5. The number of benzene rings is 2. The van der Waals surface area contributed by atoms with Gasteiger partial charge in [0.15, 0.2) is 0 Å². The Morgan fingerprint density at radius 1 is 1.19 bits per heavy atom. The van der Waals surface area contributed by atoms with Crippen LogP contribution in [-0.4, -0.2) is 20.1 Å². The van der Waals surface area contributed by atoms with Gasteiger partial charge >= 0.3 is 0 Å². The monoisotopic (exact) mass is 371 g/mol. The van der Waals surface area contributed by atoms with Gasteiger partial charge in [-0.2, -0.15) is 0 Å². The zero-order valence-corrected chi connectivity index (χ0v) is 13.6. The molecule has 0 amide bonds. The van der Waals surface area contributed by atoms with Crippen molar-refractivity contribution < 1.29 is 18.3 Å². The molecular formula is C14H14BrNO4S. The number of sulfonamides is 1. The van der Waals surface area contributed by atoms with Gasteiger partial charge in [0.1, 0.15) is 16.4 Å². The third-order valence-corrected chi connectivity index (χ3v) is 4.51. The minimum absolute atomic E-state index is 0.0480. The second kappa shape index (κ2) is 6.36. The lowest BCUT2D eigenvalue weighted by atomic mass is 10.3. The molecule has 7 heteroatoms. The lowest BCUT2D eigenvalue weighted by Gasteiger charge is -2.13. The molecule has 0 unspecified atom stereocenters. The summed E-state index contributed by atoms with van der Waals surface area (Å²) in [4.78, 5) is 0.0480. The molecule has 0 bridgehead atoms. The molecule has 2 aromatic carbocycles. The van der Waals surface area contributed by atoms with Crippen molar-refractivity contribution in [2.45, 2.75) is 11.8 Å². The maximum Gasteiger partial charge on any atom is 0.265 e. The number of nitrogens with one attached hydrogen (secondary N) is 1. The summed E-state index contributed by atoms with van der Waals surface area (Å²) in [6, 6.07) is 10.6. The molecule has 0 radical (unpaired) electrons. The number of phenols is 1. The van der Waals surface area contributed by atoms with E-state index >= 15 is 0 Å². The van der Waals surface area contributed by atoms with Crippen molar-refractivity contribution in [2.24, 2.45) is 0 Å². The number of rotatable bonds is 5. The largest absolute Gasteiger partial charge is 0.508 e. The van der Waals surface area contributed by atoms with Crippen molar-refractivity contribution in [1.82, 2.24) is 0 Å². The molecule has 0 fully saturated rings. The van der Waals surface area contributed by atoms with Crippen molar-refractivity contribution in [3.63, 3.8) is 0 Å². The Kier molecular flexibility index (Phi) is 4.74. The summed E-state index contributed by atoms with van der Waals surface area (Å²) >= 11 is 3.25. The van der Waals surface area contributed by atoms with Crippen LogP contribution < -0.4 is 9.46 Å². The van der Waals surface area contributed by atoms with E-state index in [1.165, 1.54) is 30.3 Å². The fraction of sp³-hybridized carbons (Fsp3) is 0.143. The van der Waals surface area contributed by atoms with E-state index in [1.807, 2.05) is 0 Å². The smallest absolute Gasteiger partial charge is 0.265 e. The van der Waals surface area contributed by atoms with Crippen molar-refractivity contribution >= 4 is 31.6 Å². The minimum atomic E-state index is -3.79. The predicted octanol–water partition coefficient (Wildman–Crippen LogP) is 3.35. The Morgan fingerprint density at radius 2 is 1.86 bits per heavy atom. The van der Waals surface area contributed by atoms with Crippen molar-refractivity contribution in [2.75, 3.05) is 11.3 Å². The first-order valence-corrected chi connectivity index (χ1v) is 8.44. The molecule has 2 N–H and O–H groups in total. The highest BCUT2D eigenvalue weighted by atomic mass is 79.9. The van der Waals surface area contributed by atoms with Gasteiger partial charge in [-0.1, -0.05) is 15.9 Å². The van der Waals surface area contributed by atoms with Gasteiger partial charge in [-0.25, -0.2) is 8.42 Å². The number of hydrogen-bond donors (Lipinski definition) is 2. The van der Waals surface area contributed by atoms with Gasteiger partial charge in [-0.15, -0.1) is 0 Å². The average Bonchev–Trinajstić information content (AvgIpc) is 2.43. The summed E-state index contributed by atoms with van der Waals surface area (Å²) in [7, 11) is -3.79. The zero-order chi connectivity index (χ0) is 15.5. The second-order valence-electron chi connectivity index (χ2n) is 4.18. The van der Waals surface area contributed by atoms with E-state index in [9.17, 15) is 13.5 Å². The molecule has 0 heterocycles. The Morgan fingerprint density at radius 3 is 2.48 bits per heavy atom. The number of aromatic hydroxyl groups is 1. The summed E-state index contributed by atoms with van der Waals surface area (Å²) in [5.41, 5.74) is 0.357. The molecule has 0 aliphatic carbocycles. The SMILES string of the molecule is CCOc1ccc(Br)cc1S(=O)(=O)Nc1ccc(O)cc1. The molecule has 0 aliphatic heterocycles. The molecule has 0 saturated carbocycles. The van der Waals surface area contributed by atoms with Crippen LogP contribution in [0.3, 0.4) is 0 Å². The molecule has 21 heavy (non-hydrogen) atoms.